The highest BCUT2D eigenvalue weighted by atomic mass is 35.5. The average Bonchev–Trinajstić information content (AvgIpc) is 2.67. The number of rotatable bonds is 2. The highest BCUT2D eigenvalue weighted by Gasteiger charge is 2.17. The molecule has 2 N–H and O–H groups in total. The monoisotopic (exact) mass is 265 g/mol. The molecule has 0 atom stereocenters. The number of nitrogen functional groups attached to an aromatic ring is 1. The van der Waals surface area contributed by atoms with Crippen molar-refractivity contribution in [3.63, 3.8) is 0 Å². The van der Waals surface area contributed by atoms with Crippen molar-refractivity contribution in [1.29, 1.82) is 0 Å². The van der Waals surface area contributed by atoms with E-state index in [2.05, 4.69) is 9.55 Å². The van der Waals surface area contributed by atoms with Crippen LogP contribution >= 0.6 is 11.6 Å². The lowest BCUT2D eigenvalue weighted by molar-refractivity contribution is 0.0618. The molecule has 0 radical (unpaired) electrons. The molecule has 0 unspecified atom stereocenters. The Morgan fingerprint density at radius 3 is 2.94 bits per heavy atom. The van der Waals surface area contributed by atoms with Gasteiger partial charge < -0.3 is 15.0 Å². The Labute approximate surface area is 111 Å². The van der Waals surface area contributed by atoms with Crippen LogP contribution in [0.25, 0.3) is 11.0 Å². The summed E-state index contributed by atoms with van der Waals surface area (Å²) in [5.41, 5.74) is 7.92. The fourth-order valence-electron chi connectivity index (χ4n) is 2.49. The van der Waals surface area contributed by atoms with Gasteiger partial charge in [0.2, 0.25) is 5.95 Å². The number of anilines is 1. The van der Waals surface area contributed by atoms with Gasteiger partial charge in [-0.2, -0.15) is 0 Å². The first-order valence-electron chi connectivity index (χ1n) is 6.23. The summed E-state index contributed by atoms with van der Waals surface area (Å²) >= 11 is 6.04. The minimum atomic E-state index is 0.568. The second-order valence-electron chi connectivity index (χ2n) is 4.77. The number of nitrogens with zero attached hydrogens (tertiary/aromatic N) is 2. The van der Waals surface area contributed by atoms with Crippen LogP contribution in [-0.4, -0.2) is 22.8 Å². The van der Waals surface area contributed by atoms with E-state index in [1.54, 1.807) is 0 Å². The summed E-state index contributed by atoms with van der Waals surface area (Å²) in [5, 5.41) is 0.718. The van der Waals surface area contributed by atoms with Crippen LogP contribution in [0, 0.1) is 5.92 Å². The van der Waals surface area contributed by atoms with E-state index in [4.69, 9.17) is 22.1 Å². The van der Waals surface area contributed by atoms with Gasteiger partial charge in [-0.1, -0.05) is 11.6 Å². The lowest BCUT2D eigenvalue weighted by Crippen LogP contribution is -2.21. The van der Waals surface area contributed by atoms with Crippen molar-refractivity contribution >= 4 is 28.6 Å². The van der Waals surface area contributed by atoms with Crippen LogP contribution in [-0.2, 0) is 11.3 Å². The molecule has 4 nitrogen and oxygen atoms in total. The normalized spacial score (nSPS) is 17.4. The fraction of sp³-hybridized carbons (Fsp3) is 0.462. The molecule has 5 heteroatoms. The Morgan fingerprint density at radius 2 is 2.17 bits per heavy atom. The molecule has 0 aliphatic carbocycles. The predicted molar refractivity (Wildman–Crippen MR) is 72.7 cm³/mol. The third-order valence-electron chi connectivity index (χ3n) is 3.52. The van der Waals surface area contributed by atoms with Gasteiger partial charge >= 0.3 is 0 Å². The van der Waals surface area contributed by atoms with Crippen LogP contribution in [0.5, 0.6) is 0 Å². The number of aromatic nitrogens is 2. The van der Waals surface area contributed by atoms with E-state index in [1.165, 1.54) is 0 Å². The minimum absolute atomic E-state index is 0.568. The first kappa shape index (κ1) is 11.8. The van der Waals surface area contributed by atoms with Gasteiger partial charge in [0, 0.05) is 24.8 Å². The molecule has 2 heterocycles. The van der Waals surface area contributed by atoms with Crippen molar-refractivity contribution in [3.05, 3.63) is 23.2 Å². The third-order valence-corrected chi connectivity index (χ3v) is 3.76. The summed E-state index contributed by atoms with van der Waals surface area (Å²) in [7, 11) is 0. The van der Waals surface area contributed by atoms with Gasteiger partial charge in [-0.05, 0) is 37.0 Å². The van der Waals surface area contributed by atoms with E-state index < -0.39 is 0 Å². The maximum atomic E-state index is 6.04. The van der Waals surface area contributed by atoms with Gasteiger partial charge in [0.05, 0.1) is 11.0 Å². The topological polar surface area (TPSA) is 53.1 Å². The van der Waals surface area contributed by atoms with Gasteiger partial charge in [-0.25, -0.2) is 4.98 Å². The summed E-state index contributed by atoms with van der Waals surface area (Å²) in [4.78, 5) is 4.37. The number of halogens is 1. The lowest BCUT2D eigenvalue weighted by atomic mass is 10.0. The smallest absolute Gasteiger partial charge is 0.201 e. The number of fused-ring (bicyclic) bond motifs is 1. The molecule has 3 rings (SSSR count). The van der Waals surface area contributed by atoms with Crippen LogP contribution < -0.4 is 5.73 Å². The maximum Gasteiger partial charge on any atom is 0.201 e. The Morgan fingerprint density at radius 1 is 1.39 bits per heavy atom. The second-order valence-corrected chi connectivity index (χ2v) is 5.21. The molecule has 1 aromatic carbocycles. The minimum Gasteiger partial charge on any atom is -0.381 e. The molecule has 0 spiro atoms. The molecule has 0 bridgehead atoms. The van der Waals surface area contributed by atoms with E-state index in [0.29, 0.717) is 11.9 Å². The Bertz CT molecular complexity index is 561. The maximum absolute atomic E-state index is 6.04. The van der Waals surface area contributed by atoms with Crippen molar-refractivity contribution < 1.29 is 4.74 Å². The molecule has 1 aliphatic rings. The number of hydrogen-bond acceptors (Lipinski definition) is 3. The molecule has 18 heavy (non-hydrogen) atoms. The van der Waals surface area contributed by atoms with Crippen LogP contribution in [0.4, 0.5) is 5.95 Å². The number of ether oxygens (including phenoxy) is 1. The quantitative estimate of drug-likeness (QED) is 0.908. The molecule has 1 aliphatic heterocycles. The largest absolute Gasteiger partial charge is 0.381 e. The summed E-state index contributed by atoms with van der Waals surface area (Å²) < 4.78 is 7.45. The number of imidazole rings is 1. The summed E-state index contributed by atoms with van der Waals surface area (Å²) in [6.07, 6.45) is 2.17. The number of nitrogens with two attached hydrogens (primary N) is 1. The molecule has 96 valence electrons. The lowest BCUT2D eigenvalue weighted by Gasteiger charge is -2.23. The van der Waals surface area contributed by atoms with E-state index in [1.807, 2.05) is 18.2 Å². The highest BCUT2D eigenvalue weighted by Crippen LogP contribution is 2.25. The van der Waals surface area contributed by atoms with Crippen LogP contribution in [0.15, 0.2) is 18.2 Å². The van der Waals surface area contributed by atoms with Gasteiger partial charge in [0.1, 0.15) is 0 Å². The van der Waals surface area contributed by atoms with Gasteiger partial charge in [0.25, 0.3) is 0 Å². The summed E-state index contributed by atoms with van der Waals surface area (Å²) in [6, 6.07) is 5.68. The van der Waals surface area contributed by atoms with Crippen LogP contribution in [0.2, 0.25) is 5.02 Å². The number of hydrogen-bond donors (Lipinski definition) is 1. The molecule has 0 saturated carbocycles. The molecule has 0 amide bonds. The molecular formula is C13H16ClN3O. The van der Waals surface area contributed by atoms with Crippen molar-refractivity contribution in [1.82, 2.24) is 9.55 Å². The zero-order chi connectivity index (χ0) is 12.5. The highest BCUT2D eigenvalue weighted by molar-refractivity contribution is 6.31. The van der Waals surface area contributed by atoms with Crippen LogP contribution in [0.3, 0.4) is 0 Å². The van der Waals surface area contributed by atoms with E-state index in [0.717, 1.165) is 48.7 Å². The fourth-order valence-corrected chi connectivity index (χ4v) is 2.66. The first-order chi connectivity index (χ1) is 8.74. The zero-order valence-electron chi connectivity index (χ0n) is 10.1. The van der Waals surface area contributed by atoms with E-state index in [-0.39, 0.29) is 0 Å². The van der Waals surface area contributed by atoms with Gasteiger partial charge in [-0.3, -0.25) is 0 Å². The summed E-state index contributed by atoms with van der Waals surface area (Å²) in [6.45, 7) is 2.59. The number of benzene rings is 1. The third kappa shape index (κ3) is 2.18. The Kier molecular flexibility index (Phi) is 3.14. The summed E-state index contributed by atoms with van der Waals surface area (Å²) in [5.74, 6) is 1.18. The van der Waals surface area contributed by atoms with Crippen molar-refractivity contribution in [3.8, 4) is 0 Å². The molecular weight excluding hydrogens is 250 g/mol. The molecule has 1 saturated heterocycles. The standard InChI is InChI=1S/C13H16ClN3O/c14-10-1-2-11-12(7-10)17(13(15)16-11)8-9-3-5-18-6-4-9/h1-2,7,9H,3-6,8H2,(H2,15,16). The first-order valence-corrected chi connectivity index (χ1v) is 6.61. The second kappa shape index (κ2) is 4.78. The van der Waals surface area contributed by atoms with E-state index in [9.17, 15) is 0 Å². The zero-order valence-corrected chi connectivity index (χ0v) is 10.9. The van der Waals surface area contributed by atoms with Crippen molar-refractivity contribution in [2.45, 2.75) is 19.4 Å². The Balaban J connectivity index is 1.94. The van der Waals surface area contributed by atoms with Crippen LogP contribution in [0.1, 0.15) is 12.8 Å². The van der Waals surface area contributed by atoms with E-state index >= 15 is 0 Å². The SMILES string of the molecule is Nc1nc2ccc(Cl)cc2n1CC1CCOCC1. The van der Waals surface area contributed by atoms with Crippen molar-refractivity contribution in [2.24, 2.45) is 5.92 Å². The Hall–Kier alpha value is -1.26. The predicted octanol–water partition coefficient (Wildman–Crippen LogP) is 2.70. The molecule has 1 fully saturated rings. The van der Waals surface area contributed by atoms with Gasteiger partial charge in [-0.15, -0.1) is 0 Å². The molecule has 2 aromatic rings. The average molecular weight is 266 g/mol. The van der Waals surface area contributed by atoms with Gasteiger partial charge in [0.15, 0.2) is 0 Å². The molecule has 1 aromatic heterocycles. The van der Waals surface area contributed by atoms with Crippen molar-refractivity contribution in [2.75, 3.05) is 18.9 Å².